The Labute approximate surface area is 92.5 Å². The lowest BCUT2D eigenvalue weighted by Gasteiger charge is -2.01. The van der Waals surface area contributed by atoms with Crippen LogP contribution in [0.15, 0.2) is 34.9 Å². The number of carbonyl (C=O) groups is 1. The molecule has 2 rings (SSSR count). The van der Waals surface area contributed by atoms with Crippen LogP contribution >= 0.6 is 0 Å². The van der Waals surface area contributed by atoms with E-state index < -0.39 is 0 Å². The molecule has 2 heterocycles. The molecule has 0 aliphatic carbocycles. The maximum absolute atomic E-state index is 11.5. The van der Waals surface area contributed by atoms with Crippen molar-refractivity contribution in [3.63, 3.8) is 0 Å². The molecule has 82 valence electrons. The van der Waals surface area contributed by atoms with Crippen molar-refractivity contribution in [2.75, 3.05) is 0 Å². The lowest BCUT2D eigenvalue weighted by molar-refractivity contribution is 0.0922. The van der Waals surface area contributed by atoms with Crippen LogP contribution in [0.4, 0.5) is 0 Å². The highest BCUT2D eigenvalue weighted by Gasteiger charge is 2.07. The fraction of sp³-hybridized carbons (Fsp3) is 0.182. The topological polar surface area (TPSA) is 68.0 Å². The minimum Gasteiger partial charge on any atom is -0.459 e. The summed E-state index contributed by atoms with van der Waals surface area (Å²) in [5.41, 5.74) is 1.56. The van der Waals surface area contributed by atoms with E-state index >= 15 is 0 Å². The zero-order valence-corrected chi connectivity index (χ0v) is 8.80. The first kappa shape index (κ1) is 10.4. The Morgan fingerprint density at radius 1 is 1.38 bits per heavy atom. The van der Waals surface area contributed by atoms with Gasteiger partial charge in [0.25, 0.3) is 5.91 Å². The summed E-state index contributed by atoms with van der Waals surface area (Å²) < 4.78 is 4.95. The van der Waals surface area contributed by atoms with Gasteiger partial charge in [0.15, 0.2) is 5.76 Å². The Morgan fingerprint density at radius 2 is 2.25 bits per heavy atom. The molecule has 0 radical (unpaired) electrons. The smallest absolute Gasteiger partial charge is 0.287 e. The minimum absolute atomic E-state index is 0.257. The van der Waals surface area contributed by atoms with Crippen molar-refractivity contribution in [1.82, 2.24) is 15.5 Å². The zero-order chi connectivity index (χ0) is 11.4. The molecule has 1 amide bonds. The van der Waals surface area contributed by atoms with E-state index in [1.165, 1.54) is 6.26 Å². The number of rotatable bonds is 3. The molecule has 0 bridgehead atoms. The van der Waals surface area contributed by atoms with Crippen LogP contribution in [-0.4, -0.2) is 16.1 Å². The third-order valence-corrected chi connectivity index (χ3v) is 2.03. The maximum Gasteiger partial charge on any atom is 0.287 e. The van der Waals surface area contributed by atoms with Crippen molar-refractivity contribution >= 4 is 5.91 Å². The molecule has 1 N–H and O–H groups in total. The molecule has 0 unspecified atom stereocenters. The molecule has 0 saturated carbocycles. The Kier molecular flexibility index (Phi) is 2.95. The van der Waals surface area contributed by atoms with Crippen molar-refractivity contribution in [3.8, 4) is 0 Å². The zero-order valence-electron chi connectivity index (χ0n) is 8.80. The second kappa shape index (κ2) is 4.57. The number of nitrogens with one attached hydrogen (secondary N) is 1. The molecule has 5 nitrogen and oxygen atoms in total. The first-order valence-corrected chi connectivity index (χ1v) is 4.86. The summed E-state index contributed by atoms with van der Waals surface area (Å²) in [6.45, 7) is 2.20. The summed E-state index contributed by atoms with van der Waals surface area (Å²) in [5.74, 6) is 0.0347. The SMILES string of the molecule is Cc1ccc(CNC(=O)c2ccco2)nn1. The predicted molar refractivity (Wildman–Crippen MR) is 56.6 cm³/mol. The van der Waals surface area contributed by atoms with Gasteiger partial charge in [0.2, 0.25) is 0 Å². The number of aryl methyl sites for hydroxylation is 1. The normalized spacial score (nSPS) is 10.1. The van der Waals surface area contributed by atoms with Gasteiger partial charge in [-0.25, -0.2) is 0 Å². The van der Waals surface area contributed by atoms with Crippen LogP contribution in [0.25, 0.3) is 0 Å². The van der Waals surface area contributed by atoms with Crippen LogP contribution in [0.1, 0.15) is 21.9 Å². The molecule has 0 atom stereocenters. The first-order valence-electron chi connectivity index (χ1n) is 4.86. The number of furan rings is 1. The Morgan fingerprint density at radius 3 is 2.88 bits per heavy atom. The van der Waals surface area contributed by atoms with E-state index in [4.69, 9.17) is 4.42 Å². The molecule has 0 fully saturated rings. The molecule has 2 aromatic rings. The number of hydrogen-bond acceptors (Lipinski definition) is 4. The lowest BCUT2D eigenvalue weighted by Crippen LogP contribution is -2.22. The van der Waals surface area contributed by atoms with Crippen LogP contribution in [-0.2, 0) is 6.54 Å². The molecule has 16 heavy (non-hydrogen) atoms. The molecular formula is C11H11N3O2. The number of carbonyl (C=O) groups excluding carboxylic acids is 1. The quantitative estimate of drug-likeness (QED) is 0.841. The predicted octanol–water partition coefficient (Wildman–Crippen LogP) is 1.31. The Bertz CT molecular complexity index is 462. The second-order valence-corrected chi connectivity index (χ2v) is 3.33. The van der Waals surface area contributed by atoms with Gasteiger partial charge in [-0.1, -0.05) is 0 Å². The van der Waals surface area contributed by atoms with Gasteiger partial charge in [-0.15, -0.1) is 0 Å². The molecule has 5 heteroatoms. The van der Waals surface area contributed by atoms with Crippen molar-refractivity contribution in [2.24, 2.45) is 0 Å². The number of amides is 1. The van der Waals surface area contributed by atoms with E-state index in [-0.39, 0.29) is 5.91 Å². The Balaban J connectivity index is 1.93. The van der Waals surface area contributed by atoms with E-state index in [0.717, 1.165) is 5.69 Å². The lowest BCUT2D eigenvalue weighted by atomic mass is 10.3. The van der Waals surface area contributed by atoms with E-state index in [0.29, 0.717) is 18.0 Å². The van der Waals surface area contributed by atoms with Gasteiger partial charge < -0.3 is 9.73 Å². The van der Waals surface area contributed by atoms with Gasteiger partial charge in [0, 0.05) is 0 Å². The average Bonchev–Trinajstić information content (AvgIpc) is 2.81. The van der Waals surface area contributed by atoms with Gasteiger partial charge in [-0.05, 0) is 31.2 Å². The van der Waals surface area contributed by atoms with Gasteiger partial charge >= 0.3 is 0 Å². The van der Waals surface area contributed by atoms with Crippen molar-refractivity contribution in [1.29, 1.82) is 0 Å². The largest absolute Gasteiger partial charge is 0.459 e. The van der Waals surface area contributed by atoms with Gasteiger partial charge in [-0.3, -0.25) is 4.79 Å². The summed E-state index contributed by atoms with van der Waals surface area (Å²) in [5, 5.41) is 10.5. The van der Waals surface area contributed by atoms with E-state index in [9.17, 15) is 4.79 Å². The fourth-order valence-corrected chi connectivity index (χ4v) is 1.19. The van der Waals surface area contributed by atoms with E-state index in [1.54, 1.807) is 12.1 Å². The number of hydrogen-bond donors (Lipinski definition) is 1. The maximum atomic E-state index is 11.5. The van der Waals surface area contributed by atoms with Crippen LogP contribution in [0.3, 0.4) is 0 Å². The molecular weight excluding hydrogens is 206 g/mol. The summed E-state index contributed by atoms with van der Waals surface area (Å²) in [4.78, 5) is 11.5. The summed E-state index contributed by atoms with van der Waals surface area (Å²) in [6.07, 6.45) is 1.46. The molecule has 0 saturated heterocycles. The Hall–Kier alpha value is -2.17. The van der Waals surface area contributed by atoms with Crippen LogP contribution in [0.5, 0.6) is 0 Å². The van der Waals surface area contributed by atoms with Crippen LogP contribution in [0.2, 0.25) is 0 Å². The first-order chi connectivity index (χ1) is 7.75. The van der Waals surface area contributed by atoms with Gasteiger partial charge in [0.1, 0.15) is 0 Å². The van der Waals surface area contributed by atoms with Crippen molar-refractivity contribution < 1.29 is 9.21 Å². The van der Waals surface area contributed by atoms with Gasteiger partial charge in [-0.2, -0.15) is 10.2 Å². The highest BCUT2D eigenvalue weighted by atomic mass is 16.3. The van der Waals surface area contributed by atoms with Crippen LogP contribution < -0.4 is 5.32 Å². The average molecular weight is 217 g/mol. The third kappa shape index (κ3) is 2.44. The van der Waals surface area contributed by atoms with Crippen LogP contribution in [0, 0.1) is 6.92 Å². The summed E-state index contributed by atoms with van der Waals surface area (Å²) >= 11 is 0. The molecule has 0 aromatic carbocycles. The molecule has 0 spiro atoms. The number of nitrogens with zero attached hydrogens (tertiary/aromatic N) is 2. The van der Waals surface area contributed by atoms with E-state index in [2.05, 4.69) is 15.5 Å². The molecule has 0 aliphatic rings. The summed E-state index contributed by atoms with van der Waals surface area (Å²) in [7, 11) is 0. The number of aromatic nitrogens is 2. The highest BCUT2D eigenvalue weighted by molar-refractivity contribution is 5.91. The second-order valence-electron chi connectivity index (χ2n) is 3.33. The van der Waals surface area contributed by atoms with Crippen molar-refractivity contribution in [3.05, 3.63) is 47.7 Å². The molecule has 0 aliphatic heterocycles. The van der Waals surface area contributed by atoms with Gasteiger partial charge in [0.05, 0.1) is 24.2 Å². The fourth-order valence-electron chi connectivity index (χ4n) is 1.19. The highest BCUT2D eigenvalue weighted by Crippen LogP contribution is 2.00. The van der Waals surface area contributed by atoms with Crippen molar-refractivity contribution in [2.45, 2.75) is 13.5 Å². The third-order valence-electron chi connectivity index (χ3n) is 2.03. The minimum atomic E-state index is -0.257. The molecule has 2 aromatic heterocycles. The van der Waals surface area contributed by atoms with E-state index in [1.807, 2.05) is 19.1 Å². The summed E-state index contributed by atoms with van der Waals surface area (Å²) in [6, 6.07) is 6.95. The monoisotopic (exact) mass is 217 g/mol. The standard InChI is InChI=1S/C11H11N3O2/c1-8-4-5-9(14-13-8)7-12-11(15)10-3-2-6-16-10/h2-6H,7H2,1H3,(H,12,15).